The number of nitrogens with zero attached hydrogens (tertiary/aromatic N) is 4. The van der Waals surface area contributed by atoms with Gasteiger partial charge in [0.25, 0.3) is 0 Å². The van der Waals surface area contributed by atoms with Crippen LogP contribution in [0.25, 0.3) is 11.4 Å². The lowest BCUT2D eigenvalue weighted by Gasteiger charge is -2.09. The minimum absolute atomic E-state index is 0.562. The van der Waals surface area contributed by atoms with Gasteiger partial charge in [-0.15, -0.1) is 10.2 Å². The zero-order valence-corrected chi connectivity index (χ0v) is 15.4. The Morgan fingerprint density at radius 3 is 2.70 bits per heavy atom. The molecule has 4 aromatic rings. The normalized spacial score (nSPS) is 10.8. The standard InChI is InChI=1S/C20H18N4O2S/c1-2-7-17(8-3-1)26-12-13-27-20-23-22-19(16-6-4-10-21-14-16)24(20)15-18-9-5-11-25-18/h1-11,14H,12-13,15H2. The third-order valence-corrected chi connectivity index (χ3v) is 4.79. The predicted molar refractivity (Wildman–Crippen MR) is 104 cm³/mol. The quantitative estimate of drug-likeness (QED) is 0.339. The van der Waals surface area contributed by atoms with Crippen LogP contribution in [0.3, 0.4) is 0 Å². The molecule has 0 N–H and O–H groups in total. The molecule has 0 amide bonds. The Balaban J connectivity index is 1.48. The number of benzene rings is 1. The maximum absolute atomic E-state index is 5.76. The van der Waals surface area contributed by atoms with Gasteiger partial charge in [0, 0.05) is 23.7 Å². The van der Waals surface area contributed by atoms with Crippen molar-refractivity contribution in [2.75, 3.05) is 12.4 Å². The van der Waals surface area contributed by atoms with Gasteiger partial charge < -0.3 is 9.15 Å². The van der Waals surface area contributed by atoms with Crippen molar-refractivity contribution >= 4 is 11.8 Å². The summed E-state index contributed by atoms with van der Waals surface area (Å²) in [6, 6.07) is 17.5. The number of hydrogen-bond donors (Lipinski definition) is 0. The maximum atomic E-state index is 5.76. The number of ether oxygens (including phenoxy) is 1. The molecule has 6 nitrogen and oxygen atoms in total. The lowest BCUT2D eigenvalue weighted by Crippen LogP contribution is -2.05. The lowest BCUT2D eigenvalue weighted by molar-refractivity contribution is 0.344. The van der Waals surface area contributed by atoms with Gasteiger partial charge in [0.15, 0.2) is 11.0 Å². The molecular weight excluding hydrogens is 360 g/mol. The molecule has 7 heteroatoms. The van der Waals surface area contributed by atoms with E-state index in [9.17, 15) is 0 Å². The van der Waals surface area contributed by atoms with Gasteiger partial charge in [-0.05, 0) is 36.4 Å². The fourth-order valence-corrected chi connectivity index (χ4v) is 3.37. The molecule has 3 aromatic heterocycles. The Kier molecular flexibility index (Phi) is 5.50. The van der Waals surface area contributed by atoms with Crippen molar-refractivity contribution in [1.82, 2.24) is 19.7 Å². The summed E-state index contributed by atoms with van der Waals surface area (Å²) in [5.74, 6) is 3.25. The highest BCUT2D eigenvalue weighted by atomic mass is 32.2. The molecule has 0 bridgehead atoms. The summed E-state index contributed by atoms with van der Waals surface area (Å²) in [4.78, 5) is 4.19. The van der Waals surface area contributed by atoms with Crippen LogP contribution in [-0.4, -0.2) is 32.1 Å². The molecule has 0 radical (unpaired) electrons. The average molecular weight is 378 g/mol. The first-order chi connectivity index (χ1) is 13.4. The number of hydrogen-bond acceptors (Lipinski definition) is 6. The molecule has 0 aliphatic carbocycles. The van der Waals surface area contributed by atoms with Gasteiger partial charge in [-0.2, -0.15) is 0 Å². The van der Waals surface area contributed by atoms with Gasteiger partial charge in [-0.3, -0.25) is 9.55 Å². The SMILES string of the molecule is c1ccc(OCCSc2nnc(-c3cccnc3)n2Cc2ccco2)cc1. The summed E-state index contributed by atoms with van der Waals surface area (Å²) >= 11 is 1.61. The second-order valence-corrected chi connectivity index (χ2v) is 6.79. The molecule has 136 valence electrons. The predicted octanol–water partition coefficient (Wildman–Crippen LogP) is 4.15. The maximum Gasteiger partial charge on any atom is 0.192 e. The van der Waals surface area contributed by atoms with Gasteiger partial charge in [0.05, 0.1) is 19.4 Å². The lowest BCUT2D eigenvalue weighted by atomic mass is 10.2. The van der Waals surface area contributed by atoms with E-state index in [1.807, 2.05) is 59.2 Å². The first kappa shape index (κ1) is 17.4. The Morgan fingerprint density at radius 1 is 1.00 bits per heavy atom. The Labute approximate surface area is 161 Å². The number of rotatable bonds is 8. The zero-order chi connectivity index (χ0) is 18.3. The highest BCUT2D eigenvalue weighted by Crippen LogP contribution is 2.25. The van der Waals surface area contributed by atoms with Crippen LogP contribution < -0.4 is 4.74 Å². The number of furan rings is 1. The number of para-hydroxylation sites is 1. The molecule has 0 unspecified atom stereocenters. The minimum atomic E-state index is 0.562. The third-order valence-electron chi connectivity index (χ3n) is 3.86. The Hall–Kier alpha value is -3.06. The molecule has 0 fully saturated rings. The summed E-state index contributed by atoms with van der Waals surface area (Å²) in [5, 5.41) is 9.56. The van der Waals surface area contributed by atoms with E-state index in [0.29, 0.717) is 13.2 Å². The van der Waals surface area contributed by atoms with E-state index in [2.05, 4.69) is 15.2 Å². The van der Waals surface area contributed by atoms with E-state index >= 15 is 0 Å². The van der Waals surface area contributed by atoms with Gasteiger partial charge in [-0.25, -0.2) is 0 Å². The summed E-state index contributed by atoms with van der Waals surface area (Å²) in [7, 11) is 0. The molecule has 3 heterocycles. The fraction of sp³-hybridized carbons (Fsp3) is 0.150. The largest absolute Gasteiger partial charge is 0.493 e. The molecule has 0 aliphatic heterocycles. The molecule has 0 spiro atoms. The molecule has 4 rings (SSSR count). The van der Waals surface area contributed by atoms with E-state index in [4.69, 9.17) is 9.15 Å². The van der Waals surface area contributed by atoms with Crippen molar-refractivity contribution in [1.29, 1.82) is 0 Å². The van der Waals surface area contributed by atoms with Crippen molar-refractivity contribution < 1.29 is 9.15 Å². The number of pyridine rings is 1. The second-order valence-electron chi connectivity index (χ2n) is 5.72. The highest BCUT2D eigenvalue weighted by Gasteiger charge is 2.16. The molecule has 1 aromatic carbocycles. The van der Waals surface area contributed by atoms with Gasteiger partial charge in [0.2, 0.25) is 0 Å². The number of thioether (sulfide) groups is 1. The van der Waals surface area contributed by atoms with E-state index in [1.54, 1.807) is 30.4 Å². The van der Waals surface area contributed by atoms with Crippen LogP contribution in [-0.2, 0) is 6.54 Å². The minimum Gasteiger partial charge on any atom is -0.493 e. The van der Waals surface area contributed by atoms with Crippen LogP contribution in [0.5, 0.6) is 5.75 Å². The molecule has 0 atom stereocenters. The van der Waals surface area contributed by atoms with E-state index in [1.165, 1.54) is 0 Å². The molecule has 0 saturated carbocycles. The van der Waals surface area contributed by atoms with Crippen LogP contribution in [0.4, 0.5) is 0 Å². The van der Waals surface area contributed by atoms with Crippen molar-refractivity contribution in [3.8, 4) is 17.1 Å². The van der Waals surface area contributed by atoms with E-state index in [-0.39, 0.29) is 0 Å². The summed E-state index contributed by atoms with van der Waals surface area (Å²) < 4.78 is 13.3. The van der Waals surface area contributed by atoms with Crippen LogP contribution in [0.15, 0.2) is 82.8 Å². The van der Waals surface area contributed by atoms with E-state index < -0.39 is 0 Å². The van der Waals surface area contributed by atoms with Crippen LogP contribution in [0.1, 0.15) is 5.76 Å². The Bertz CT molecular complexity index is 956. The van der Waals surface area contributed by atoms with Crippen LogP contribution >= 0.6 is 11.8 Å². The van der Waals surface area contributed by atoms with E-state index in [0.717, 1.165) is 33.8 Å². The van der Waals surface area contributed by atoms with Crippen molar-refractivity contribution in [3.63, 3.8) is 0 Å². The summed E-state index contributed by atoms with van der Waals surface area (Å²) in [6.45, 7) is 1.15. The fourth-order valence-electron chi connectivity index (χ4n) is 2.61. The van der Waals surface area contributed by atoms with Crippen molar-refractivity contribution in [2.24, 2.45) is 0 Å². The topological polar surface area (TPSA) is 66.0 Å². The summed E-state index contributed by atoms with van der Waals surface area (Å²) in [6.07, 6.45) is 5.20. The van der Waals surface area contributed by atoms with Crippen LogP contribution in [0.2, 0.25) is 0 Å². The third kappa shape index (κ3) is 4.38. The first-order valence-corrected chi connectivity index (χ1v) is 9.55. The van der Waals surface area contributed by atoms with Gasteiger partial charge in [-0.1, -0.05) is 30.0 Å². The molecule has 0 aliphatic rings. The monoisotopic (exact) mass is 378 g/mol. The first-order valence-electron chi connectivity index (χ1n) is 8.57. The molecule has 27 heavy (non-hydrogen) atoms. The second kappa shape index (κ2) is 8.55. The smallest absolute Gasteiger partial charge is 0.192 e. The van der Waals surface area contributed by atoms with Crippen LogP contribution in [0, 0.1) is 0 Å². The van der Waals surface area contributed by atoms with Gasteiger partial charge >= 0.3 is 0 Å². The Morgan fingerprint density at radius 2 is 1.93 bits per heavy atom. The van der Waals surface area contributed by atoms with Gasteiger partial charge in [0.1, 0.15) is 11.5 Å². The highest BCUT2D eigenvalue weighted by molar-refractivity contribution is 7.99. The average Bonchev–Trinajstić information content (AvgIpc) is 3.37. The molecule has 0 saturated heterocycles. The van der Waals surface area contributed by atoms with Crippen molar-refractivity contribution in [2.45, 2.75) is 11.7 Å². The molecular formula is C20H18N4O2S. The zero-order valence-electron chi connectivity index (χ0n) is 14.6. The number of aromatic nitrogens is 4. The van der Waals surface area contributed by atoms with Crippen molar-refractivity contribution in [3.05, 3.63) is 79.0 Å². The summed E-state index contributed by atoms with van der Waals surface area (Å²) in [5.41, 5.74) is 0.920.